The molecule has 0 fully saturated rings. The first kappa shape index (κ1) is 37.9. The van der Waals surface area contributed by atoms with Crippen molar-refractivity contribution in [2.45, 2.75) is 58.8 Å². The Labute approximate surface area is 295 Å². The van der Waals surface area contributed by atoms with E-state index < -0.39 is 29.3 Å². The number of aliphatic hydroxyl groups is 1. The fraction of sp³-hybridized carbons (Fsp3) is 0.375. The summed E-state index contributed by atoms with van der Waals surface area (Å²) in [5, 5.41) is 15.3. The number of nitrogens with one attached hydrogen (secondary N) is 1. The van der Waals surface area contributed by atoms with Gasteiger partial charge in [0.15, 0.2) is 0 Å². The van der Waals surface area contributed by atoms with E-state index in [4.69, 9.17) is 20.9 Å². The summed E-state index contributed by atoms with van der Waals surface area (Å²) in [5.74, 6) is -1.38. The number of methoxy groups -OCH3 is 1. The normalized spacial score (nSPS) is 16.8. The summed E-state index contributed by atoms with van der Waals surface area (Å²) in [4.78, 5) is 42.2. The lowest BCUT2D eigenvalue weighted by molar-refractivity contribution is -0.132. The van der Waals surface area contributed by atoms with E-state index in [1.807, 2.05) is 92.7 Å². The first-order valence-corrected chi connectivity index (χ1v) is 17.2. The van der Waals surface area contributed by atoms with Crippen LogP contribution in [-0.4, -0.2) is 60.6 Å². The van der Waals surface area contributed by atoms with Crippen molar-refractivity contribution in [3.63, 3.8) is 0 Å². The van der Waals surface area contributed by atoms with Crippen molar-refractivity contribution in [3.8, 4) is 11.5 Å². The van der Waals surface area contributed by atoms with Gasteiger partial charge in [0.1, 0.15) is 18.1 Å². The van der Waals surface area contributed by atoms with Gasteiger partial charge in [-0.05, 0) is 72.7 Å². The largest absolute Gasteiger partial charge is 0.497 e. The van der Waals surface area contributed by atoms with Crippen LogP contribution in [-0.2, 0) is 34.0 Å². The van der Waals surface area contributed by atoms with Crippen molar-refractivity contribution in [2.75, 3.05) is 26.7 Å². The van der Waals surface area contributed by atoms with Gasteiger partial charge in [0.05, 0.1) is 18.6 Å². The van der Waals surface area contributed by atoms with E-state index in [9.17, 15) is 19.5 Å². The Hall–Kier alpha value is -4.93. The van der Waals surface area contributed by atoms with E-state index in [2.05, 4.69) is 5.32 Å². The number of nitrogens with two attached hydrogens (primary N) is 2. The lowest BCUT2D eigenvalue weighted by Gasteiger charge is -2.42. The van der Waals surface area contributed by atoms with Crippen molar-refractivity contribution >= 4 is 17.7 Å². The monoisotopic (exact) mass is 682 g/mol. The SMILES string of the molecule is CCCN(CCC)C(=O)C1=CC(C(N)=O)=CC(C(N)=O)([C@H](Cc2cccc(OCc3ccccc3)c2)[C@@H](O)CNCc2cccc(OC)c2)C1. The van der Waals surface area contributed by atoms with E-state index >= 15 is 0 Å². The van der Waals surface area contributed by atoms with Gasteiger partial charge in [-0.2, -0.15) is 0 Å². The van der Waals surface area contributed by atoms with Gasteiger partial charge >= 0.3 is 0 Å². The van der Waals surface area contributed by atoms with Crippen LogP contribution < -0.4 is 26.3 Å². The molecule has 3 aromatic rings. The minimum Gasteiger partial charge on any atom is -0.497 e. The Bertz CT molecular complexity index is 1670. The highest BCUT2D eigenvalue weighted by Gasteiger charge is 2.49. The molecule has 4 rings (SSSR count). The number of aliphatic hydroxyl groups excluding tert-OH is 1. The maximum Gasteiger partial charge on any atom is 0.249 e. The summed E-state index contributed by atoms with van der Waals surface area (Å²) in [6.45, 7) is 5.86. The van der Waals surface area contributed by atoms with E-state index in [0.29, 0.717) is 37.7 Å². The van der Waals surface area contributed by atoms with Crippen LogP contribution in [0.4, 0.5) is 0 Å². The molecule has 0 aliphatic heterocycles. The molecule has 3 atom stereocenters. The van der Waals surface area contributed by atoms with Crippen LogP contribution in [0.2, 0.25) is 0 Å². The zero-order valence-electron chi connectivity index (χ0n) is 29.3. The molecule has 1 aliphatic carbocycles. The molecule has 50 heavy (non-hydrogen) atoms. The van der Waals surface area contributed by atoms with Gasteiger partial charge in [0.25, 0.3) is 0 Å². The molecule has 1 aliphatic rings. The second-order valence-corrected chi connectivity index (χ2v) is 12.8. The fourth-order valence-corrected chi connectivity index (χ4v) is 6.55. The zero-order valence-corrected chi connectivity index (χ0v) is 29.3. The molecule has 3 amide bonds. The highest BCUT2D eigenvalue weighted by molar-refractivity contribution is 6.03. The smallest absolute Gasteiger partial charge is 0.249 e. The van der Waals surface area contributed by atoms with Gasteiger partial charge in [-0.1, -0.05) is 74.5 Å². The Morgan fingerprint density at radius 1 is 0.900 bits per heavy atom. The summed E-state index contributed by atoms with van der Waals surface area (Å²) in [5.41, 5.74) is 13.4. The van der Waals surface area contributed by atoms with Gasteiger partial charge in [0.2, 0.25) is 17.7 Å². The molecule has 1 unspecified atom stereocenters. The molecule has 10 heteroatoms. The molecule has 0 spiro atoms. The third-order valence-electron chi connectivity index (χ3n) is 9.06. The minimum atomic E-state index is -1.62. The number of hydrogen-bond donors (Lipinski definition) is 4. The number of rotatable bonds is 19. The van der Waals surface area contributed by atoms with Crippen molar-refractivity contribution in [3.05, 3.63) is 119 Å². The molecular formula is C40H50N4O6. The third kappa shape index (κ3) is 9.83. The standard InChI is InChI=1S/C40H50N4O6/c1-4-17-44(18-5-2)38(47)32-22-31(37(41)46)23-40(24-32,39(42)48)35(36(45)26-43-25-30-14-10-15-33(20-30)49-3)21-29-13-9-16-34(19-29)50-27-28-11-7-6-8-12-28/h6-16,19-20,22-23,35-36,43,45H,4-5,17-18,21,24-27H2,1-3H3,(H2,41,46)(H2,42,48)/t35-,36+,40?/m1/s1. The second-order valence-electron chi connectivity index (χ2n) is 12.8. The van der Waals surface area contributed by atoms with E-state index in [0.717, 1.165) is 29.5 Å². The Morgan fingerprint density at radius 2 is 1.54 bits per heavy atom. The molecule has 10 nitrogen and oxygen atoms in total. The summed E-state index contributed by atoms with van der Waals surface area (Å²) < 4.78 is 11.4. The number of ether oxygens (including phenoxy) is 2. The highest BCUT2D eigenvalue weighted by Crippen LogP contribution is 2.44. The zero-order chi connectivity index (χ0) is 36.1. The van der Waals surface area contributed by atoms with Gasteiger partial charge < -0.3 is 36.3 Å². The van der Waals surface area contributed by atoms with Crippen LogP contribution in [0, 0.1) is 11.3 Å². The van der Waals surface area contributed by atoms with E-state index in [1.165, 1.54) is 12.2 Å². The van der Waals surface area contributed by atoms with Gasteiger partial charge in [-0.25, -0.2) is 0 Å². The molecule has 0 bridgehead atoms. The van der Waals surface area contributed by atoms with E-state index in [-0.39, 0.29) is 36.4 Å². The van der Waals surface area contributed by atoms with Crippen LogP contribution in [0.3, 0.4) is 0 Å². The molecule has 0 aromatic heterocycles. The Balaban J connectivity index is 1.71. The molecule has 0 saturated heterocycles. The van der Waals surface area contributed by atoms with Crippen molar-refractivity contribution in [1.29, 1.82) is 0 Å². The summed E-state index contributed by atoms with van der Waals surface area (Å²) in [7, 11) is 1.60. The number of primary amides is 2. The molecule has 0 heterocycles. The number of amides is 3. The highest BCUT2D eigenvalue weighted by atomic mass is 16.5. The topological polar surface area (TPSA) is 157 Å². The Kier molecular flexibility index (Phi) is 13.8. The molecule has 0 radical (unpaired) electrons. The maximum absolute atomic E-state index is 13.9. The Morgan fingerprint density at radius 3 is 2.18 bits per heavy atom. The van der Waals surface area contributed by atoms with Gasteiger partial charge in [-0.3, -0.25) is 14.4 Å². The number of carbonyl (C=O) groups is 3. The average Bonchev–Trinajstić information content (AvgIpc) is 3.13. The number of carbonyl (C=O) groups excluding carboxylic acids is 3. The first-order chi connectivity index (χ1) is 24.1. The molecule has 6 N–H and O–H groups in total. The second kappa shape index (κ2) is 18.2. The average molecular weight is 683 g/mol. The van der Waals surface area contributed by atoms with Crippen molar-refractivity contribution in [2.24, 2.45) is 22.8 Å². The molecular weight excluding hydrogens is 632 g/mol. The van der Waals surface area contributed by atoms with Crippen LogP contribution in [0.25, 0.3) is 0 Å². The molecule has 0 saturated carbocycles. The molecule has 266 valence electrons. The van der Waals surface area contributed by atoms with Crippen LogP contribution in [0.15, 0.2) is 102 Å². The minimum absolute atomic E-state index is 0.00725. The summed E-state index contributed by atoms with van der Waals surface area (Å²) >= 11 is 0. The number of benzene rings is 3. The predicted octanol–water partition coefficient (Wildman–Crippen LogP) is 4.45. The lowest BCUT2D eigenvalue weighted by atomic mass is 9.63. The molecule has 3 aromatic carbocycles. The first-order valence-electron chi connectivity index (χ1n) is 17.2. The van der Waals surface area contributed by atoms with Gasteiger partial charge in [0, 0.05) is 43.2 Å². The number of nitrogens with zero attached hydrogens (tertiary/aromatic N) is 1. The maximum atomic E-state index is 13.9. The quantitative estimate of drug-likeness (QED) is 0.146. The number of hydrogen-bond acceptors (Lipinski definition) is 7. The predicted molar refractivity (Wildman–Crippen MR) is 194 cm³/mol. The summed E-state index contributed by atoms with van der Waals surface area (Å²) in [6, 6.07) is 24.8. The van der Waals surface area contributed by atoms with Gasteiger partial charge in [-0.15, -0.1) is 0 Å². The van der Waals surface area contributed by atoms with Crippen molar-refractivity contribution in [1.82, 2.24) is 10.2 Å². The van der Waals surface area contributed by atoms with Crippen molar-refractivity contribution < 1.29 is 29.0 Å². The van der Waals surface area contributed by atoms with Crippen LogP contribution in [0.5, 0.6) is 11.5 Å². The van der Waals surface area contributed by atoms with Crippen LogP contribution >= 0.6 is 0 Å². The fourth-order valence-electron chi connectivity index (χ4n) is 6.55. The van der Waals surface area contributed by atoms with E-state index in [1.54, 1.807) is 12.0 Å². The third-order valence-corrected chi connectivity index (χ3v) is 9.06. The lowest BCUT2D eigenvalue weighted by Crippen LogP contribution is -2.52. The van der Waals surface area contributed by atoms with Crippen LogP contribution in [0.1, 0.15) is 49.8 Å². The summed E-state index contributed by atoms with van der Waals surface area (Å²) in [6.07, 6.45) is 3.36.